The van der Waals surface area contributed by atoms with Gasteiger partial charge >= 0.3 is 0 Å². The molecular formula is C17H21N3. The zero-order valence-corrected chi connectivity index (χ0v) is 12.4. The highest BCUT2D eigenvalue weighted by atomic mass is 14.9. The van der Waals surface area contributed by atoms with Crippen molar-refractivity contribution in [3.63, 3.8) is 0 Å². The van der Waals surface area contributed by atoms with E-state index in [0.717, 1.165) is 6.42 Å². The molecule has 0 saturated carbocycles. The highest BCUT2D eigenvalue weighted by molar-refractivity contribution is 6.07. The van der Waals surface area contributed by atoms with Crippen molar-refractivity contribution in [1.82, 2.24) is 9.55 Å². The van der Waals surface area contributed by atoms with Crippen molar-refractivity contribution >= 4 is 21.8 Å². The summed E-state index contributed by atoms with van der Waals surface area (Å²) < 4.78 is 2.24. The molecule has 0 radical (unpaired) electrons. The SMILES string of the molecule is Cn1c2ccncc2c2ccc(C(C)(C)CCN)cc21. The number of fused-ring (bicyclic) bond motifs is 3. The molecule has 2 aromatic heterocycles. The normalized spacial score (nSPS) is 12.4. The number of rotatable bonds is 3. The first-order valence-corrected chi connectivity index (χ1v) is 7.07. The Kier molecular flexibility index (Phi) is 3.02. The van der Waals surface area contributed by atoms with Gasteiger partial charge in [-0.25, -0.2) is 0 Å². The second kappa shape index (κ2) is 4.60. The lowest BCUT2D eigenvalue weighted by Gasteiger charge is -2.24. The quantitative estimate of drug-likeness (QED) is 0.791. The maximum atomic E-state index is 5.74. The number of aryl methyl sites for hydroxylation is 1. The van der Waals surface area contributed by atoms with E-state index in [-0.39, 0.29) is 5.41 Å². The number of pyridine rings is 1. The van der Waals surface area contributed by atoms with Crippen LogP contribution in [0.15, 0.2) is 36.7 Å². The van der Waals surface area contributed by atoms with Crippen LogP contribution in [0, 0.1) is 0 Å². The number of benzene rings is 1. The molecule has 0 amide bonds. The lowest BCUT2D eigenvalue weighted by molar-refractivity contribution is 0.488. The van der Waals surface area contributed by atoms with Gasteiger partial charge in [-0.1, -0.05) is 26.0 Å². The van der Waals surface area contributed by atoms with Crippen LogP contribution in [0.25, 0.3) is 21.8 Å². The van der Waals surface area contributed by atoms with Crippen LogP contribution in [0.1, 0.15) is 25.8 Å². The molecular weight excluding hydrogens is 246 g/mol. The maximum absolute atomic E-state index is 5.74. The highest BCUT2D eigenvalue weighted by Crippen LogP contribution is 2.33. The van der Waals surface area contributed by atoms with Gasteiger partial charge in [0.1, 0.15) is 0 Å². The zero-order chi connectivity index (χ0) is 14.3. The number of aromatic nitrogens is 2. The lowest BCUT2D eigenvalue weighted by atomic mass is 9.81. The first-order chi connectivity index (χ1) is 9.54. The van der Waals surface area contributed by atoms with E-state index in [1.54, 1.807) is 0 Å². The van der Waals surface area contributed by atoms with Gasteiger partial charge in [-0.2, -0.15) is 0 Å². The summed E-state index contributed by atoms with van der Waals surface area (Å²) in [6.45, 7) is 5.22. The Labute approximate surface area is 119 Å². The average Bonchev–Trinajstić information content (AvgIpc) is 2.73. The molecule has 0 aliphatic heterocycles. The number of nitrogens with zero attached hydrogens (tertiary/aromatic N) is 2. The van der Waals surface area contributed by atoms with Gasteiger partial charge in [-0.3, -0.25) is 4.98 Å². The molecule has 3 heteroatoms. The Bertz CT molecular complexity index is 768. The first kappa shape index (κ1) is 13.1. The molecule has 0 saturated heterocycles. The predicted molar refractivity (Wildman–Crippen MR) is 84.9 cm³/mol. The summed E-state index contributed by atoms with van der Waals surface area (Å²) in [5.41, 5.74) is 9.68. The van der Waals surface area contributed by atoms with Crippen LogP contribution in [0.3, 0.4) is 0 Å². The first-order valence-electron chi connectivity index (χ1n) is 7.07. The molecule has 104 valence electrons. The molecule has 2 N–H and O–H groups in total. The lowest BCUT2D eigenvalue weighted by Crippen LogP contribution is -2.21. The number of hydrogen-bond donors (Lipinski definition) is 1. The van der Waals surface area contributed by atoms with E-state index in [2.05, 4.69) is 54.7 Å². The Balaban J connectivity index is 2.26. The molecule has 2 heterocycles. The summed E-state index contributed by atoms with van der Waals surface area (Å²) in [7, 11) is 2.12. The minimum Gasteiger partial charge on any atom is -0.344 e. The molecule has 3 nitrogen and oxygen atoms in total. The Hall–Kier alpha value is -1.87. The van der Waals surface area contributed by atoms with Crippen LogP contribution in [0.4, 0.5) is 0 Å². The van der Waals surface area contributed by atoms with Crippen molar-refractivity contribution in [3.8, 4) is 0 Å². The third kappa shape index (κ3) is 1.90. The average molecular weight is 267 g/mol. The van der Waals surface area contributed by atoms with Gasteiger partial charge in [0.15, 0.2) is 0 Å². The number of nitrogens with two attached hydrogens (primary N) is 1. The maximum Gasteiger partial charge on any atom is 0.0519 e. The predicted octanol–water partition coefficient (Wildman–Crippen LogP) is 3.35. The van der Waals surface area contributed by atoms with Crippen LogP contribution in [0.2, 0.25) is 0 Å². The van der Waals surface area contributed by atoms with Crippen molar-refractivity contribution in [2.45, 2.75) is 25.7 Å². The van der Waals surface area contributed by atoms with Crippen LogP contribution in [-0.4, -0.2) is 16.1 Å². The van der Waals surface area contributed by atoms with Gasteiger partial charge in [0.2, 0.25) is 0 Å². The monoisotopic (exact) mass is 267 g/mol. The second-order valence-corrected chi connectivity index (χ2v) is 6.11. The van der Waals surface area contributed by atoms with Crippen LogP contribution >= 0.6 is 0 Å². The standard InChI is InChI=1S/C17H21N3/c1-17(2,7-8-18)12-4-5-13-14-11-19-9-6-15(14)20(3)16(13)10-12/h4-6,9-11H,7-8,18H2,1-3H3. The van der Waals surface area contributed by atoms with E-state index in [4.69, 9.17) is 5.73 Å². The molecule has 0 aliphatic rings. The summed E-state index contributed by atoms with van der Waals surface area (Å²) in [6.07, 6.45) is 4.78. The van der Waals surface area contributed by atoms with Gasteiger partial charge in [0.05, 0.1) is 5.52 Å². The molecule has 0 spiro atoms. The molecule has 20 heavy (non-hydrogen) atoms. The molecule has 3 aromatic rings. The smallest absolute Gasteiger partial charge is 0.0519 e. The molecule has 0 aliphatic carbocycles. The summed E-state index contributed by atoms with van der Waals surface area (Å²) in [5.74, 6) is 0. The molecule has 0 bridgehead atoms. The fourth-order valence-corrected chi connectivity index (χ4v) is 2.98. The number of hydrogen-bond acceptors (Lipinski definition) is 2. The Morgan fingerprint density at radius 1 is 1.15 bits per heavy atom. The van der Waals surface area contributed by atoms with Gasteiger partial charge in [-0.15, -0.1) is 0 Å². The van der Waals surface area contributed by atoms with Crippen LogP contribution in [-0.2, 0) is 12.5 Å². The zero-order valence-electron chi connectivity index (χ0n) is 12.4. The summed E-state index contributed by atoms with van der Waals surface area (Å²) in [6, 6.07) is 8.81. The van der Waals surface area contributed by atoms with E-state index in [9.17, 15) is 0 Å². The summed E-state index contributed by atoms with van der Waals surface area (Å²) in [4.78, 5) is 4.25. The highest BCUT2D eigenvalue weighted by Gasteiger charge is 2.20. The molecule has 0 fully saturated rings. The van der Waals surface area contributed by atoms with Crippen molar-refractivity contribution in [3.05, 3.63) is 42.2 Å². The largest absolute Gasteiger partial charge is 0.344 e. The Morgan fingerprint density at radius 2 is 1.95 bits per heavy atom. The third-order valence-corrected chi connectivity index (χ3v) is 4.36. The van der Waals surface area contributed by atoms with Crippen molar-refractivity contribution in [1.29, 1.82) is 0 Å². The topological polar surface area (TPSA) is 43.8 Å². The van der Waals surface area contributed by atoms with E-state index in [0.29, 0.717) is 6.54 Å². The minimum atomic E-state index is 0.109. The van der Waals surface area contributed by atoms with Crippen molar-refractivity contribution < 1.29 is 0 Å². The molecule has 0 unspecified atom stereocenters. The van der Waals surface area contributed by atoms with Crippen LogP contribution in [0.5, 0.6) is 0 Å². The Morgan fingerprint density at radius 3 is 2.70 bits per heavy atom. The van der Waals surface area contributed by atoms with E-state index >= 15 is 0 Å². The fraction of sp³-hybridized carbons (Fsp3) is 0.353. The van der Waals surface area contributed by atoms with E-state index in [1.165, 1.54) is 27.4 Å². The summed E-state index contributed by atoms with van der Waals surface area (Å²) >= 11 is 0. The molecule has 1 aromatic carbocycles. The van der Waals surface area contributed by atoms with Gasteiger partial charge in [0, 0.05) is 35.7 Å². The third-order valence-electron chi connectivity index (χ3n) is 4.36. The van der Waals surface area contributed by atoms with Crippen molar-refractivity contribution in [2.75, 3.05) is 6.54 Å². The van der Waals surface area contributed by atoms with E-state index in [1.807, 2.05) is 12.4 Å². The minimum absolute atomic E-state index is 0.109. The molecule has 0 atom stereocenters. The summed E-state index contributed by atoms with van der Waals surface area (Å²) in [5, 5.41) is 2.48. The second-order valence-electron chi connectivity index (χ2n) is 6.11. The fourth-order valence-electron chi connectivity index (χ4n) is 2.98. The van der Waals surface area contributed by atoms with Gasteiger partial charge in [-0.05, 0) is 36.1 Å². The van der Waals surface area contributed by atoms with E-state index < -0.39 is 0 Å². The van der Waals surface area contributed by atoms with Gasteiger partial charge in [0.25, 0.3) is 0 Å². The van der Waals surface area contributed by atoms with Crippen molar-refractivity contribution in [2.24, 2.45) is 12.8 Å². The van der Waals surface area contributed by atoms with Gasteiger partial charge < -0.3 is 10.3 Å². The van der Waals surface area contributed by atoms with Crippen LogP contribution < -0.4 is 5.73 Å². The molecule has 3 rings (SSSR count).